The third-order valence-electron chi connectivity index (χ3n) is 7.37. The van der Waals surface area contributed by atoms with Gasteiger partial charge in [-0.25, -0.2) is 0 Å². The van der Waals surface area contributed by atoms with Crippen LogP contribution in [-0.2, 0) is 0 Å². The van der Waals surface area contributed by atoms with E-state index in [1.807, 2.05) is 0 Å². The van der Waals surface area contributed by atoms with Gasteiger partial charge in [0.15, 0.2) is 0 Å². The Bertz CT molecular complexity index is 1120. The highest BCUT2D eigenvalue weighted by Gasteiger charge is 2.53. The van der Waals surface area contributed by atoms with Crippen LogP contribution in [0.25, 0.3) is 11.1 Å². The van der Waals surface area contributed by atoms with Gasteiger partial charge < -0.3 is 9.48 Å². The molecule has 0 saturated heterocycles. The summed E-state index contributed by atoms with van der Waals surface area (Å²) in [6.07, 6.45) is 3.73. The maximum absolute atomic E-state index is 3.73. The number of hydrogen-bond donors (Lipinski definition) is 0. The van der Waals surface area contributed by atoms with Crippen molar-refractivity contribution in [3.8, 4) is 11.1 Å². The van der Waals surface area contributed by atoms with Crippen LogP contribution in [0, 0.1) is 27.7 Å². The van der Waals surface area contributed by atoms with Crippen molar-refractivity contribution in [3.05, 3.63) is 82.9 Å². The number of nitrogens with zero attached hydrogens (tertiary/aromatic N) is 2. The van der Waals surface area contributed by atoms with Gasteiger partial charge in [0.25, 0.3) is 0 Å². The molecule has 1 aliphatic heterocycles. The van der Waals surface area contributed by atoms with Crippen molar-refractivity contribution in [1.29, 1.82) is 0 Å². The predicted molar refractivity (Wildman–Crippen MR) is 133 cm³/mol. The molecule has 0 aromatic heterocycles. The highest BCUT2D eigenvalue weighted by atomic mass is 15.4. The third kappa shape index (κ3) is 3.29. The monoisotopic (exact) mass is 410 g/mol. The summed E-state index contributed by atoms with van der Waals surface area (Å²) in [6.45, 7) is 18.0. The molecule has 0 unspecified atom stereocenters. The SMILES string of the molecule is Cc1cccc(C)c1-c1ccc([N+]2=[C-]N(c3c(C)cccc3C)C(C)(C)C2(C)C)cc1. The molecule has 0 atom stereocenters. The molecule has 3 aromatic carbocycles. The van der Waals surface area contributed by atoms with E-state index in [9.17, 15) is 0 Å². The van der Waals surface area contributed by atoms with Gasteiger partial charge in [-0.2, -0.15) is 0 Å². The smallest absolute Gasteiger partial charge is 0.207 e. The number of anilines is 1. The zero-order chi connectivity index (χ0) is 22.6. The molecule has 0 bridgehead atoms. The molecule has 2 heteroatoms. The van der Waals surface area contributed by atoms with E-state index in [1.165, 1.54) is 44.8 Å². The maximum atomic E-state index is 3.73. The van der Waals surface area contributed by atoms with Crippen LogP contribution in [0.15, 0.2) is 60.7 Å². The Morgan fingerprint density at radius 1 is 0.677 bits per heavy atom. The van der Waals surface area contributed by atoms with Crippen LogP contribution in [0.5, 0.6) is 0 Å². The summed E-state index contributed by atoms with van der Waals surface area (Å²) in [5.41, 5.74) is 9.95. The molecule has 1 aliphatic rings. The topological polar surface area (TPSA) is 6.25 Å². The summed E-state index contributed by atoms with van der Waals surface area (Å²) in [5, 5.41) is 0. The van der Waals surface area contributed by atoms with Gasteiger partial charge in [0.2, 0.25) is 6.34 Å². The lowest BCUT2D eigenvalue weighted by Gasteiger charge is -2.41. The van der Waals surface area contributed by atoms with Crippen LogP contribution in [0.1, 0.15) is 49.9 Å². The zero-order valence-corrected chi connectivity index (χ0v) is 20.2. The minimum absolute atomic E-state index is 0.130. The summed E-state index contributed by atoms with van der Waals surface area (Å²) >= 11 is 0. The fourth-order valence-electron chi connectivity index (χ4n) is 4.81. The Hall–Kier alpha value is -2.87. The van der Waals surface area contributed by atoms with E-state index in [0.29, 0.717) is 0 Å². The van der Waals surface area contributed by atoms with E-state index in [0.717, 1.165) is 0 Å². The molecule has 0 aliphatic carbocycles. The van der Waals surface area contributed by atoms with Crippen molar-refractivity contribution in [2.45, 2.75) is 66.5 Å². The first-order valence-electron chi connectivity index (χ1n) is 11.2. The lowest BCUT2D eigenvalue weighted by molar-refractivity contribution is -0.520. The molecule has 0 N–H and O–H groups in total. The number of rotatable bonds is 3. The predicted octanol–water partition coefficient (Wildman–Crippen LogP) is 7.21. The van der Waals surface area contributed by atoms with E-state index in [4.69, 9.17) is 0 Å². The normalized spacial score (nSPS) is 17.0. The molecular formula is C29H34N2. The molecule has 1 heterocycles. The Morgan fingerprint density at radius 2 is 1.16 bits per heavy atom. The summed E-state index contributed by atoms with van der Waals surface area (Å²) < 4.78 is 2.31. The van der Waals surface area contributed by atoms with Crippen LogP contribution >= 0.6 is 0 Å². The summed E-state index contributed by atoms with van der Waals surface area (Å²) in [4.78, 5) is 2.34. The van der Waals surface area contributed by atoms with Gasteiger partial charge in [-0.3, -0.25) is 0 Å². The molecule has 4 rings (SSSR count). The molecule has 160 valence electrons. The highest BCUT2D eigenvalue weighted by molar-refractivity contribution is 5.84. The number of para-hydroxylation sites is 1. The molecule has 3 aromatic rings. The molecule has 2 nitrogen and oxygen atoms in total. The van der Waals surface area contributed by atoms with Gasteiger partial charge in [-0.1, -0.05) is 71.8 Å². The fraction of sp³-hybridized carbons (Fsp3) is 0.345. The van der Waals surface area contributed by atoms with Gasteiger partial charge in [0.1, 0.15) is 11.1 Å². The second-order valence-corrected chi connectivity index (χ2v) is 9.94. The number of aryl methyl sites for hydroxylation is 4. The molecule has 0 saturated carbocycles. The quantitative estimate of drug-likeness (QED) is 0.326. The zero-order valence-electron chi connectivity index (χ0n) is 20.2. The average molecular weight is 411 g/mol. The third-order valence-corrected chi connectivity index (χ3v) is 7.37. The van der Waals surface area contributed by atoms with Gasteiger partial charge >= 0.3 is 0 Å². The van der Waals surface area contributed by atoms with E-state index >= 15 is 0 Å². The van der Waals surface area contributed by atoms with Crippen LogP contribution in [0.2, 0.25) is 0 Å². The lowest BCUT2D eigenvalue weighted by atomic mass is 9.81. The second kappa shape index (κ2) is 7.37. The van der Waals surface area contributed by atoms with Crippen LogP contribution < -0.4 is 4.90 Å². The van der Waals surface area contributed by atoms with Crippen molar-refractivity contribution in [2.24, 2.45) is 0 Å². The first-order chi connectivity index (χ1) is 14.6. The lowest BCUT2D eigenvalue weighted by Crippen LogP contribution is -2.54. The van der Waals surface area contributed by atoms with Gasteiger partial charge in [-0.05, 0) is 77.6 Å². The summed E-state index contributed by atoms with van der Waals surface area (Å²) in [6, 6.07) is 22.0. The fourth-order valence-corrected chi connectivity index (χ4v) is 4.81. The molecule has 0 amide bonds. The van der Waals surface area contributed by atoms with Gasteiger partial charge in [0, 0.05) is 11.4 Å². The van der Waals surface area contributed by atoms with Crippen molar-refractivity contribution < 1.29 is 4.58 Å². The van der Waals surface area contributed by atoms with Crippen molar-refractivity contribution >= 4 is 17.7 Å². The minimum atomic E-state index is -0.137. The van der Waals surface area contributed by atoms with Crippen molar-refractivity contribution in [2.75, 3.05) is 4.90 Å². The van der Waals surface area contributed by atoms with E-state index < -0.39 is 0 Å². The molecule has 0 fully saturated rings. The Labute approximate surface area is 187 Å². The molecule has 0 radical (unpaired) electrons. The number of hydrogen-bond acceptors (Lipinski definition) is 1. The Kier molecular flexibility index (Phi) is 5.08. The Balaban J connectivity index is 1.80. The van der Waals surface area contributed by atoms with E-state index in [-0.39, 0.29) is 11.1 Å². The van der Waals surface area contributed by atoms with Crippen molar-refractivity contribution in [1.82, 2.24) is 0 Å². The van der Waals surface area contributed by atoms with Gasteiger partial charge in [0.05, 0.1) is 0 Å². The maximum Gasteiger partial charge on any atom is 0.207 e. The van der Waals surface area contributed by atoms with Crippen molar-refractivity contribution in [3.63, 3.8) is 0 Å². The van der Waals surface area contributed by atoms with E-state index in [2.05, 4.69) is 132 Å². The summed E-state index contributed by atoms with van der Waals surface area (Å²) in [5.74, 6) is 0. The largest absolute Gasteiger partial charge is 0.329 e. The first-order valence-corrected chi connectivity index (χ1v) is 11.2. The molecule has 31 heavy (non-hydrogen) atoms. The minimum Gasteiger partial charge on any atom is -0.329 e. The van der Waals surface area contributed by atoms with Crippen LogP contribution in [0.4, 0.5) is 11.4 Å². The van der Waals surface area contributed by atoms with Gasteiger partial charge in [-0.15, -0.1) is 0 Å². The van der Waals surface area contributed by atoms with Crippen LogP contribution in [-0.4, -0.2) is 22.0 Å². The first kappa shape index (κ1) is 21.4. The summed E-state index contributed by atoms with van der Waals surface area (Å²) in [7, 11) is 0. The molecular weight excluding hydrogens is 376 g/mol. The number of benzene rings is 3. The van der Waals surface area contributed by atoms with Crippen LogP contribution in [0.3, 0.4) is 0 Å². The Morgan fingerprint density at radius 3 is 1.68 bits per heavy atom. The average Bonchev–Trinajstić information content (AvgIpc) is 2.88. The second-order valence-electron chi connectivity index (χ2n) is 9.94. The molecule has 0 spiro atoms. The standard InChI is InChI=1S/C29H34N2/c1-20-11-9-12-21(2)26(20)24-15-17-25(18-16-24)30-19-31(29(7,8)28(30,5)6)27-22(3)13-10-14-23(27)4/h9-18H,1-8H3. The van der Waals surface area contributed by atoms with E-state index in [1.54, 1.807) is 0 Å². The highest BCUT2D eigenvalue weighted by Crippen LogP contribution is 2.43.